The Morgan fingerprint density at radius 1 is 1.53 bits per heavy atom. The Labute approximate surface area is 94.4 Å². The molecule has 1 unspecified atom stereocenters. The van der Waals surface area contributed by atoms with Crippen LogP contribution in [0.4, 0.5) is 10.1 Å². The van der Waals surface area contributed by atoms with Crippen LogP contribution in [0.3, 0.4) is 0 Å². The number of hydrogen-bond acceptors (Lipinski definition) is 2. The third kappa shape index (κ3) is 3.68. The Balaban J connectivity index is 2.57. The summed E-state index contributed by atoms with van der Waals surface area (Å²) in [6, 6.07) is 4.63. The minimum Gasteiger partial charge on any atom is -0.384 e. The van der Waals surface area contributed by atoms with Gasteiger partial charge in [0.15, 0.2) is 0 Å². The summed E-state index contributed by atoms with van der Waals surface area (Å²) >= 11 is 5.86. The van der Waals surface area contributed by atoms with Gasteiger partial charge in [-0.1, -0.05) is 24.6 Å². The van der Waals surface area contributed by atoms with E-state index < -0.39 is 0 Å². The third-order valence-corrected chi connectivity index (χ3v) is 2.36. The van der Waals surface area contributed by atoms with Gasteiger partial charge in [-0.15, -0.1) is 0 Å². The van der Waals surface area contributed by atoms with E-state index in [4.69, 9.17) is 16.3 Å². The minimum atomic E-state index is -0.327. The largest absolute Gasteiger partial charge is 0.384 e. The molecule has 0 aromatic heterocycles. The predicted octanol–water partition coefficient (Wildman–Crippen LogP) is 3.17. The van der Waals surface area contributed by atoms with Gasteiger partial charge in [-0.25, -0.2) is 4.39 Å². The van der Waals surface area contributed by atoms with Crippen LogP contribution in [0.15, 0.2) is 18.2 Å². The molecule has 1 rings (SSSR count). The molecule has 15 heavy (non-hydrogen) atoms. The number of anilines is 1. The maximum absolute atomic E-state index is 13.3. The molecule has 0 fully saturated rings. The van der Waals surface area contributed by atoms with E-state index in [9.17, 15) is 4.39 Å². The molecular formula is C11H15ClFNO. The van der Waals surface area contributed by atoms with Gasteiger partial charge in [-0.3, -0.25) is 0 Å². The third-order valence-electron chi connectivity index (χ3n) is 2.04. The fourth-order valence-corrected chi connectivity index (χ4v) is 1.52. The second kappa shape index (κ2) is 5.93. The summed E-state index contributed by atoms with van der Waals surface area (Å²) in [4.78, 5) is 0. The summed E-state index contributed by atoms with van der Waals surface area (Å²) in [6.07, 6.45) is 0. The predicted molar refractivity (Wildman–Crippen MR) is 60.9 cm³/mol. The number of ether oxygens (including phenoxy) is 1. The summed E-state index contributed by atoms with van der Waals surface area (Å²) in [5.41, 5.74) is 0.363. The molecule has 0 radical (unpaired) electrons. The molecule has 0 aliphatic heterocycles. The normalized spacial score (nSPS) is 12.5. The monoisotopic (exact) mass is 231 g/mol. The molecule has 1 aromatic rings. The van der Waals surface area contributed by atoms with Crippen molar-refractivity contribution in [3.8, 4) is 0 Å². The van der Waals surface area contributed by atoms with Crippen molar-refractivity contribution >= 4 is 17.3 Å². The summed E-state index contributed by atoms with van der Waals surface area (Å²) in [7, 11) is 1.65. The number of hydrogen-bond donors (Lipinski definition) is 1. The molecule has 0 amide bonds. The first-order valence-corrected chi connectivity index (χ1v) is 5.19. The van der Waals surface area contributed by atoms with Crippen molar-refractivity contribution in [2.24, 2.45) is 5.92 Å². The summed E-state index contributed by atoms with van der Waals surface area (Å²) < 4.78 is 18.3. The van der Waals surface area contributed by atoms with Crippen LogP contribution in [0.25, 0.3) is 0 Å². The van der Waals surface area contributed by atoms with Crippen molar-refractivity contribution in [1.82, 2.24) is 0 Å². The van der Waals surface area contributed by atoms with Gasteiger partial charge in [0.25, 0.3) is 0 Å². The first-order chi connectivity index (χ1) is 7.15. The van der Waals surface area contributed by atoms with Crippen molar-refractivity contribution < 1.29 is 9.13 Å². The first-order valence-electron chi connectivity index (χ1n) is 4.82. The Kier molecular flexibility index (Phi) is 4.85. The van der Waals surface area contributed by atoms with Gasteiger partial charge in [0.05, 0.1) is 17.3 Å². The van der Waals surface area contributed by atoms with Crippen molar-refractivity contribution in [2.75, 3.05) is 25.6 Å². The van der Waals surface area contributed by atoms with Gasteiger partial charge in [-0.2, -0.15) is 0 Å². The highest BCUT2D eigenvalue weighted by molar-refractivity contribution is 6.33. The maximum atomic E-state index is 13.3. The van der Waals surface area contributed by atoms with Gasteiger partial charge in [0.1, 0.15) is 5.82 Å². The molecule has 1 N–H and O–H groups in total. The van der Waals surface area contributed by atoms with Crippen LogP contribution in [0, 0.1) is 11.7 Å². The molecule has 84 valence electrons. The number of rotatable bonds is 5. The van der Waals surface area contributed by atoms with Crippen LogP contribution in [0.1, 0.15) is 6.92 Å². The van der Waals surface area contributed by atoms with E-state index in [0.29, 0.717) is 29.8 Å². The van der Waals surface area contributed by atoms with Gasteiger partial charge in [0.2, 0.25) is 0 Å². The van der Waals surface area contributed by atoms with Crippen LogP contribution in [-0.2, 0) is 4.74 Å². The van der Waals surface area contributed by atoms with E-state index in [-0.39, 0.29) is 5.82 Å². The van der Waals surface area contributed by atoms with Crippen LogP contribution < -0.4 is 5.32 Å². The van der Waals surface area contributed by atoms with Crippen LogP contribution in [0.5, 0.6) is 0 Å². The van der Waals surface area contributed by atoms with Crippen LogP contribution in [0.2, 0.25) is 5.02 Å². The Bertz CT molecular complexity index is 299. The smallest absolute Gasteiger partial charge is 0.147 e. The maximum Gasteiger partial charge on any atom is 0.147 e. The van der Waals surface area contributed by atoms with Crippen molar-refractivity contribution in [3.63, 3.8) is 0 Å². The second-order valence-corrected chi connectivity index (χ2v) is 3.95. The van der Waals surface area contributed by atoms with Gasteiger partial charge >= 0.3 is 0 Å². The Morgan fingerprint density at radius 3 is 2.87 bits per heavy atom. The van der Waals surface area contributed by atoms with E-state index in [0.717, 1.165) is 0 Å². The van der Waals surface area contributed by atoms with Gasteiger partial charge in [-0.05, 0) is 18.1 Å². The molecule has 0 heterocycles. The van der Waals surface area contributed by atoms with Crippen LogP contribution >= 0.6 is 11.6 Å². The lowest BCUT2D eigenvalue weighted by atomic mass is 10.2. The number of benzene rings is 1. The molecular weight excluding hydrogens is 217 g/mol. The quantitative estimate of drug-likeness (QED) is 0.841. The summed E-state index contributed by atoms with van der Waals surface area (Å²) in [6.45, 7) is 3.29. The molecule has 0 bridgehead atoms. The lowest BCUT2D eigenvalue weighted by Crippen LogP contribution is -2.16. The number of nitrogens with one attached hydrogen (secondary N) is 1. The van der Waals surface area contributed by atoms with Crippen LogP contribution in [-0.4, -0.2) is 20.3 Å². The highest BCUT2D eigenvalue weighted by Gasteiger charge is 2.07. The molecule has 0 aliphatic rings. The SMILES string of the molecule is COCC(C)CNc1c(F)cccc1Cl. The lowest BCUT2D eigenvalue weighted by Gasteiger charge is -2.13. The molecule has 0 saturated heterocycles. The molecule has 0 spiro atoms. The Morgan fingerprint density at radius 2 is 2.27 bits per heavy atom. The fraction of sp³-hybridized carbons (Fsp3) is 0.455. The molecule has 4 heteroatoms. The number of para-hydroxylation sites is 1. The average molecular weight is 232 g/mol. The Hall–Kier alpha value is -0.800. The van der Waals surface area contributed by atoms with Crippen molar-refractivity contribution in [3.05, 3.63) is 29.0 Å². The average Bonchev–Trinajstić information content (AvgIpc) is 2.17. The number of halogens is 2. The summed E-state index contributed by atoms with van der Waals surface area (Å²) in [5.74, 6) is -0.0159. The van der Waals surface area contributed by atoms with Crippen molar-refractivity contribution in [1.29, 1.82) is 0 Å². The first kappa shape index (κ1) is 12.3. The second-order valence-electron chi connectivity index (χ2n) is 3.54. The molecule has 1 aromatic carbocycles. The molecule has 1 atom stereocenters. The topological polar surface area (TPSA) is 21.3 Å². The zero-order chi connectivity index (χ0) is 11.3. The number of methoxy groups -OCH3 is 1. The fourth-order valence-electron chi connectivity index (χ4n) is 1.29. The molecule has 0 saturated carbocycles. The minimum absolute atomic E-state index is 0.311. The van der Waals surface area contributed by atoms with E-state index in [1.807, 2.05) is 6.92 Å². The highest BCUT2D eigenvalue weighted by Crippen LogP contribution is 2.24. The van der Waals surface area contributed by atoms with Gasteiger partial charge in [0, 0.05) is 13.7 Å². The van der Waals surface area contributed by atoms with E-state index in [2.05, 4.69) is 5.32 Å². The zero-order valence-corrected chi connectivity index (χ0v) is 9.64. The summed E-state index contributed by atoms with van der Waals surface area (Å²) in [5, 5.41) is 3.38. The standard InChI is InChI=1S/C11H15ClFNO/c1-8(7-15-2)6-14-11-9(12)4-3-5-10(11)13/h3-5,8,14H,6-7H2,1-2H3. The lowest BCUT2D eigenvalue weighted by molar-refractivity contribution is 0.164. The zero-order valence-electron chi connectivity index (χ0n) is 8.89. The van der Waals surface area contributed by atoms with E-state index >= 15 is 0 Å². The van der Waals surface area contributed by atoms with Crippen molar-refractivity contribution in [2.45, 2.75) is 6.92 Å². The highest BCUT2D eigenvalue weighted by atomic mass is 35.5. The van der Waals surface area contributed by atoms with E-state index in [1.165, 1.54) is 6.07 Å². The van der Waals surface area contributed by atoms with E-state index in [1.54, 1.807) is 19.2 Å². The van der Waals surface area contributed by atoms with Gasteiger partial charge < -0.3 is 10.1 Å². The molecule has 0 aliphatic carbocycles. The molecule has 2 nitrogen and oxygen atoms in total.